The molecule has 0 aliphatic carbocycles. The molecule has 1 atom stereocenters. The van der Waals surface area contributed by atoms with Crippen molar-refractivity contribution in [1.82, 2.24) is 28.4 Å². The van der Waals surface area contributed by atoms with Crippen LogP contribution in [-0.2, 0) is 16.6 Å². The van der Waals surface area contributed by atoms with E-state index >= 15 is 0 Å². The van der Waals surface area contributed by atoms with Crippen molar-refractivity contribution in [2.24, 2.45) is 5.92 Å². The van der Waals surface area contributed by atoms with Gasteiger partial charge in [-0.2, -0.15) is 22.1 Å². The lowest BCUT2D eigenvalue weighted by molar-refractivity contribution is 0.409. The second-order valence-electron chi connectivity index (χ2n) is 7.21. The van der Waals surface area contributed by atoms with Crippen molar-refractivity contribution >= 4 is 10.2 Å². The highest BCUT2D eigenvalue weighted by Gasteiger charge is 2.32. The summed E-state index contributed by atoms with van der Waals surface area (Å²) < 4.78 is 29.2. The molecule has 2 aromatic rings. The van der Waals surface area contributed by atoms with E-state index in [1.807, 2.05) is 10.9 Å². The zero-order valence-electron chi connectivity index (χ0n) is 15.7. The van der Waals surface area contributed by atoms with Crippen LogP contribution in [0.3, 0.4) is 0 Å². The molecule has 3 rings (SSSR count). The maximum absolute atomic E-state index is 12.2. The molecule has 3 heterocycles. The van der Waals surface area contributed by atoms with Gasteiger partial charge in [0, 0.05) is 51.2 Å². The highest BCUT2D eigenvalue weighted by atomic mass is 32.2. The summed E-state index contributed by atoms with van der Waals surface area (Å²) in [5.41, 5.74) is 2.62. The maximum Gasteiger partial charge on any atom is 0.281 e. The van der Waals surface area contributed by atoms with Crippen LogP contribution in [0.25, 0.3) is 11.3 Å². The predicted molar refractivity (Wildman–Crippen MR) is 99.6 cm³/mol. The van der Waals surface area contributed by atoms with Gasteiger partial charge in [0.2, 0.25) is 0 Å². The Bertz CT molecular complexity index is 862. The van der Waals surface area contributed by atoms with E-state index < -0.39 is 10.2 Å². The van der Waals surface area contributed by atoms with Gasteiger partial charge in [-0.05, 0) is 32.6 Å². The van der Waals surface area contributed by atoms with Crippen LogP contribution in [0.4, 0.5) is 0 Å². The standard InChI is InChI=1S/C17H26N6O2S/c1-13(2)23-12-15(8-19-23)17-10-18-9-16(20-17)7-14-5-6-22(11-14)26(24,25)21(3)4/h8-10,12-14H,5-7,11H2,1-4H3/t14-/m1/s1. The average molecular weight is 379 g/mol. The maximum atomic E-state index is 12.2. The summed E-state index contributed by atoms with van der Waals surface area (Å²) in [4.78, 5) is 9.02. The molecule has 0 aromatic carbocycles. The van der Waals surface area contributed by atoms with E-state index in [0.29, 0.717) is 19.1 Å². The van der Waals surface area contributed by atoms with Crippen molar-refractivity contribution < 1.29 is 8.42 Å². The summed E-state index contributed by atoms with van der Waals surface area (Å²) in [5, 5.41) is 4.35. The SMILES string of the molecule is CC(C)n1cc(-c2cncc(C[C@H]3CCN(S(=O)(=O)N(C)C)C3)n2)cn1. The summed E-state index contributed by atoms with van der Waals surface area (Å²) in [7, 11) is -0.210. The molecule has 1 fully saturated rings. The number of aromatic nitrogens is 4. The molecule has 1 aliphatic heterocycles. The molecule has 2 aromatic heterocycles. The van der Waals surface area contributed by atoms with Crippen LogP contribution in [0.15, 0.2) is 24.8 Å². The van der Waals surface area contributed by atoms with Gasteiger partial charge < -0.3 is 0 Å². The van der Waals surface area contributed by atoms with Crippen LogP contribution in [0, 0.1) is 5.92 Å². The molecular weight excluding hydrogens is 352 g/mol. The smallest absolute Gasteiger partial charge is 0.270 e. The highest BCUT2D eigenvalue weighted by Crippen LogP contribution is 2.24. The molecule has 0 amide bonds. The molecule has 0 bridgehead atoms. The van der Waals surface area contributed by atoms with Crippen molar-refractivity contribution in [2.45, 2.75) is 32.7 Å². The van der Waals surface area contributed by atoms with Gasteiger partial charge in [-0.25, -0.2) is 4.98 Å². The summed E-state index contributed by atoms with van der Waals surface area (Å²) >= 11 is 0. The van der Waals surface area contributed by atoms with Gasteiger partial charge >= 0.3 is 0 Å². The van der Waals surface area contributed by atoms with Crippen molar-refractivity contribution in [3.8, 4) is 11.3 Å². The summed E-state index contributed by atoms with van der Waals surface area (Å²) in [5.74, 6) is 0.257. The Morgan fingerprint density at radius 3 is 2.69 bits per heavy atom. The van der Waals surface area contributed by atoms with Gasteiger partial charge in [0.05, 0.1) is 23.8 Å². The molecule has 9 heteroatoms. The third kappa shape index (κ3) is 3.94. The van der Waals surface area contributed by atoms with E-state index in [2.05, 4.69) is 23.9 Å². The molecule has 0 saturated carbocycles. The summed E-state index contributed by atoms with van der Waals surface area (Å²) in [6, 6.07) is 0.294. The lowest BCUT2D eigenvalue weighted by Crippen LogP contribution is -2.38. The summed E-state index contributed by atoms with van der Waals surface area (Å²) in [6.07, 6.45) is 8.83. The minimum Gasteiger partial charge on any atom is -0.270 e. The largest absolute Gasteiger partial charge is 0.281 e. The Balaban J connectivity index is 1.70. The van der Waals surface area contributed by atoms with Crippen molar-refractivity contribution in [2.75, 3.05) is 27.2 Å². The first-order chi connectivity index (χ1) is 12.3. The third-order valence-corrected chi connectivity index (χ3v) is 6.55. The molecule has 1 aliphatic rings. The molecule has 0 N–H and O–H groups in total. The molecule has 1 saturated heterocycles. The third-order valence-electron chi connectivity index (χ3n) is 4.64. The normalized spacial score (nSPS) is 18.9. The van der Waals surface area contributed by atoms with Gasteiger partial charge in [0.15, 0.2) is 0 Å². The second kappa shape index (κ2) is 7.42. The Labute approximate surface area is 155 Å². The van der Waals surface area contributed by atoms with E-state index in [4.69, 9.17) is 4.98 Å². The lowest BCUT2D eigenvalue weighted by atomic mass is 10.0. The Morgan fingerprint density at radius 2 is 2.04 bits per heavy atom. The first-order valence-corrected chi connectivity index (χ1v) is 10.2. The quantitative estimate of drug-likeness (QED) is 0.762. The van der Waals surface area contributed by atoms with Gasteiger partial charge in [-0.1, -0.05) is 0 Å². The number of hydrogen-bond acceptors (Lipinski definition) is 5. The zero-order chi connectivity index (χ0) is 18.9. The van der Waals surface area contributed by atoms with Crippen molar-refractivity contribution in [3.63, 3.8) is 0 Å². The zero-order valence-corrected chi connectivity index (χ0v) is 16.5. The number of hydrogen-bond donors (Lipinski definition) is 0. The first-order valence-electron chi connectivity index (χ1n) is 8.80. The van der Waals surface area contributed by atoms with Crippen molar-refractivity contribution in [3.05, 3.63) is 30.5 Å². The molecule has 0 unspecified atom stereocenters. The fraction of sp³-hybridized carbons (Fsp3) is 0.588. The highest BCUT2D eigenvalue weighted by molar-refractivity contribution is 7.86. The molecule has 8 nitrogen and oxygen atoms in total. The van der Waals surface area contributed by atoms with E-state index in [1.54, 1.807) is 37.0 Å². The average Bonchev–Trinajstić information content (AvgIpc) is 3.24. The molecular formula is C17H26N6O2S. The predicted octanol–water partition coefficient (Wildman–Crippen LogP) is 1.59. The van der Waals surface area contributed by atoms with Crippen LogP contribution < -0.4 is 0 Å². The lowest BCUT2D eigenvalue weighted by Gasteiger charge is -2.20. The van der Waals surface area contributed by atoms with Crippen LogP contribution in [0.2, 0.25) is 0 Å². The van der Waals surface area contributed by atoms with E-state index in [1.165, 1.54) is 4.31 Å². The second-order valence-corrected chi connectivity index (χ2v) is 9.35. The first kappa shape index (κ1) is 18.9. The number of rotatable bonds is 6. The van der Waals surface area contributed by atoms with Gasteiger partial charge in [0.1, 0.15) is 0 Å². The fourth-order valence-corrected chi connectivity index (χ4v) is 4.29. The van der Waals surface area contributed by atoms with E-state index in [9.17, 15) is 8.42 Å². The fourth-order valence-electron chi connectivity index (χ4n) is 3.10. The van der Waals surface area contributed by atoms with Gasteiger partial charge in [-0.15, -0.1) is 0 Å². The van der Waals surface area contributed by atoms with Gasteiger partial charge in [-0.3, -0.25) is 9.67 Å². The molecule has 142 valence electrons. The van der Waals surface area contributed by atoms with Gasteiger partial charge in [0.25, 0.3) is 10.2 Å². The minimum atomic E-state index is -3.34. The minimum absolute atomic E-state index is 0.257. The molecule has 0 spiro atoms. The number of nitrogens with zero attached hydrogens (tertiary/aromatic N) is 6. The summed E-state index contributed by atoms with van der Waals surface area (Å²) in [6.45, 7) is 5.23. The van der Waals surface area contributed by atoms with Crippen LogP contribution in [0.5, 0.6) is 0 Å². The van der Waals surface area contributed by atoms with Crippen LogP contribution >= 0.6 is 0 Å². The van der Waals surface area contributed by atoms with Crippen molar-refractivity contribution in [1.29, 1.82) is 0 Å². The Morgan fingerprint density at radius 1 is 1.27 bits per heavy atom. The topological polar surface area (TPSA) is 84.2 Å². The molecule has 26 heavy (non-hydrogen) atoms. The Kier molecular flexibility index (Phi) is 5.40. The Hall–Kier alpha value is -1.84. The van der Waals surface area contributed by atoms with E-state index in [0.717, 1.165) is 29.8 Å². The van der Waals surface area contributed by atoms with Crippen LogP contribution in [0.1, 0.15) is 32.0 Å². The molecule has 0 radical (unpaired) electrons. The van der Waals surface area contributed by atoms with Crippen LogP contribution in [-0.4, -0.2) is 64.0 Å². The van der Waals surface area contributed by atoms with E-state index in [-0.39, 0.29) is 5.92 Å². The monoisotopic (exact) mass is 378 g/mol.